The van der Waals surface area contributed by atoms with Gasteiger partial charge in [0.15, 0.2) is 0 Å². The van der Waals surface area contributed by atoms with Crippen LogP contribution in [0.4, 0.5) is 4.79 Å². The van der Waals surface area contributed by atoms with Crippen LogP contribution in [0.5, 0.6) is 0 Å². The Labute approximate surface area is 239 Å². The summed E-state index contributed by atoms with van der Waals surface area (Å²) in [7, 11) is 1.24. The number of unbranched alkanes of at least 4 members (excludes halogenated alkanes) is 5. The molecule has 0 saturated carbocycles. The van der Waals surface area contributed by atoms with Crippen LogP contribution in [0.1, 0.15) is 89.0 Å². The number of nitrogens with zero attached hydrogens (tertiary/aromatic N) is 1. The maximum Gasteiger partial charge on any atom is 0.408 e. The van der Waals surface area contributed by atoms with Gasteiger partial charge in [-0.2, -0.15) is 12.6 Å². The molecule has 1 aromatic rings. The van der Waals surface area contributed by atoms with Gasteiger partial charge in [0.1, 0.15) is 24.2 Å². The largest absolute Gasteiger partial charge is 0.468 e. The lowest BCUT2D eigenvalue weighted by Gasteiger charge is -2.35. The van der Waals surface area contributed by atoms with E-state index in [9.17, 15) is 19.2 Å². The summed E-state index contributed by atoms with van der Waals surface area (Å²) >= 11 is 4.33. The molecule has 0 saturated heterocycles. The number of hydrogen-bond acceptors (Lipinski definition) is 7. The second-order valence-electron chi connectivity index (χ2n) is 10.7. The van der Waals surface area contributed by atoms with Gasteiger partial charge in [0.25, 0.3) is 0 Å². The average Bonchev–Trinajstić information content (AvgIpc) is 2.87. The Morgan fingerprint density at radius 1 is 1.03 bits per heavy atom. The first kappa shape index (κ1) is 34.3. The number of nitrogens with one attached hydrogen (secondary N) is 2. The van der Waals surface area contributed by atoms with Crippen molar-refractivity contribution < 1.29 is 28.7 Å². The van der Waals surface area contributed by atoms with E-state index in [4.69, 9.17) is 4.74 Å². The molecule has 0 aromatic heterocycles. The second-order valence-corrected chi connectivity index (χ2v) is 11.0. The van der Waals surface area contributed by atoms with Crippen molar-refractivity contribution in [2.24, 2.45) is 0 Å². The molecule has 0 aliphatic carbocycles. The average molecular weight is 566 g/mol. The Hall–Kier alpha value is -2.75. The molecule has 0 radical (unpaired) electrons. The molecule has 39 heavy (non-hydrogen) atoms. The number of carbonyl (C=O) groups excluding carboxylic acids is 4. The zero-order chi connectivity index (χ0) is 29.6. The fraction of sp³-hybridized carbons (Fsp3) is 0.655. The van der Waals surface area contributed by atoms with Gasteiger partial charge in [0.05, 0.1) is 7.11 Å². The Kier molecular flexibility index (Phi) is 15.0. The molecule has 3 amide bonds. The Bertz CT molecular complexity index is 963. The van der Waals surface area contributed by atoms with Crippen molar-refractivity contribution in [1.29, 1.82) is 0 Å². The number of esters is 1. The maximum atomic E-state index is 14.0. The van der Waals surface area contributed by atoms with Crippen molar-refractivity contribution in [2.45, 2.75) is 97.8 Å². The van der Waals surface area contributed by atoms with Crippen LogP contribution in [-0.4, -0.2) is 66.4 Å². The molecule has 9 nitrogen and oxygen atoms in total. The standard InChI is InChI=1S/C29H47N3O6S/c1-8-9-10-11-12-13-17-32(27(35)23(19-39)31-28(36)38-29(4,5)6)25(26(34)30-18-24(33)37-7)22-16-14-15-20(2)21(22)3/h14-16,23,25,39H,8-13,17-19H2,1-7H3,(H,30,34)(H,31,36). The minimum atomic E-state index is -1.03. The number of rotatable bonds is 15. The molecule has 10 heteroatoms. The first-order valence-electron chi connectivity index (χ1n) is 13.7. The third-order valence-corrected chi connectivity index (χ3v) is 6.71. The van der Waals surface area contributed by atoms with Gasteiger partial charge in [0, 0.05) is 12.3 Å². The van der Waals surface area contributed by atoms with Crippen LogP contribution >= 0.6 is 12.6 Å². The third kappa shape index (κ3) is 11.9. The fourth-order valence-electron chi connectivity index (χ4n) is 4.11. The summed E-state index contributed by atoms with van der Waals surface area (Å²) in [5, 5.41) is 5.24. The summed E-state index contributed by atoms with van der Waals surface area (Å²) in [5.74, 6) is -1.56. The fourth-order valence-corrected chi connectivity index (χ4v) is 4.36. The summed E-state index contributed by atoms with van der Waals surface area (Å²) in [6.07, 6.45) is 5.21. The summed E-state index contributed by atoms with van der Waals surface area (Å²) < 4.78 is 10.0. The molecule has 0 heterocycles. The van der Waals surface area contributed by atoms with Gasteiger partial charge in [-0.1, -0.05) is 57.2 Å². The molecule has 220 valence electrons. The lowest BCUT2D eigenvalue weighted by Crippen LogP contribution is -2.54. The van der Waals surface area contributed by atoms with Gasteiger partial charge in [-0.15, -0.1) is 0 Å². The van der Waals surface area contributed by atoms with Crippen LogP contribution in [0.2, 0.25) is 0 Å². The van der Waals surface area contributed by atoms with Gasteiger partial charge in [-0.3, -0.25) is 14.4 Å². The number of benzene rings is 1. The third-order valence-electron chi connectivity index (χ3n) is 6.34. The van der Waals surface area contributed by atoms with Crippen molar-refractivity contribution in [3.63, 3.8) is 0 Å². The van der Waals surface area contributed by atoms with Crippen LogP contribution in [0.3, 0.4) is 0 Å². The maximum absolute atomic E-state index is 14.0. The predicted octanol–water partition coefficient (Wildman–Crippen LogP) is 4.65. The van der Waals surface area contributed by atoms with Crippen LogP contribution in [0.15, 0.2) is 18.2 Å². The van der Waals surface area contributed by atoms with Crippen molar-refractivity contribution in [3.05, 3.63) is 34.9 Å². The van der Waals surface area contributed by atoms with E-state index in [0.29, 0.717) is 12.0 Å². The van der Waals surface area contributed by atoms with Crippen molar-refractivity contribution in [2.75, 3.05) is 26.0 Å². The summed E-state index contributed by atoms with van der Waals surface area (Å²) in [5.41, 5.74) is 1.72. The molecular formula is C29H47N3O6S. The molecule has 0 spiro atoms. The van der Waals surface area contributed by atoms with E-state index in [-0.39, 0.29) is 18.8 Å². The molecule has 1 rings (SSSR count). The molecular weight excluding hydrogens is 518 g/mol. The highest BCUT2D eigenvalue weighted by molar-refractivity contribution is 7.80. The highest BCUT2D eigenvalue weighted by atomic mass is 32.1. The second kappa shape index (κ2) is 17.0. The molecule has 1 aromatic carbocycles. The van der Waals surface area contributed by atoms with Gasteiger partial charge >= 0.3 is 12.1 Å². The Balaban J connectivity index is 3.43. The monoisotopic (exact) mass is 565 g/mol. The first-order chi connectivity index (χ1) is 18.4. The van der Waals surface area contributed by atoms with Crippen molar-refractivity contribution >= 4 is 36.5 Å². The quantitative estimate of drug-likeness (QED) is 0.162. The number of aryl methyl sites for hydroxylation is 1. The highest BCUT2D eigenvalue weighted by Gasteiger charge is 2.36. The van der Waals surface area contributed by atoms with Gasteiger partial charge in [-0.25, -0.2) is 4.79 Å². The number of hydrogen-bond donors (Lipinski definition) is 3. The van der Waals surface area contributed by atoms with E-state index in [0.717, 1.165) is 43.2 Å². The van der Waals surface area contributed by atoms with Gasteiger partial charge in [-0.05, 0) is 57.7 Å². The van der Waals surface area contributed by atoms with E-state index in [1.165, 1.54) is 12.0 Å². The van der Waals surface area contributed by atoms with Crippen LogP contribution in [0, 0.1) is 13.8 Å². The van der Waals surface area contributed by atoms with E-state index in [1.807, 2.05) is 32.0 Å². The SMILES string of the molecule is CCCCCCCCN(C(=O)C(CS)NC(=O)OC(C)(C)C)C(C(=O)NCC(=O)OC)c1cccc(C)c1C. The lowest BCUT2D eigenvalue weighted by atomic mass is 9.94. The number of ether oxygens (including phenoxy) is 2. The zero-order valence-electron chi connectivity index (χ0n) is 24.6. The van der Waals surface area contributed by atoms with Crippen molar-refractivity contribution in [3.8, 4) is 0 Å². The molecule has 0 aliphatic rings. The smallest absolute Gasteiger partial charge is 0.408 e. The summed E-state index contributed by atoms with van der Waals surface area (Å²) in [4.78, 5) is 53.4. The van der Waals surface area contributed by atoms with E-state index in [1.54, 1.807) is 20.8 Å². The number of carbonyl (C=O) groups is 4. The molecule has 2 atom stereocenters. The molecule has 2 unspecified atom stereocenters. The lowest BCUT2D eigenvalue weighted by molar-refractivity contribution is -0.144. The summed E-state index contributed by atoms with van der Waals surface area (Å²) in [6.45, 7) is 11.1. The molecule has 0 aliphatic heterocycles. The van der Waals surface area contributed by atoms with E-state index in [2.05, 4.69) is 34.9 Å². The topological polar surface area (TPSA) is 114 Å². The van der Waals surface area contributed by atoms with Crippen LogP contribution < -0.4 is 10.6 Å². The molecule has 0 fully saturated rings. The van der Waals surface area contributed by atoms with Crippen molar-refractivity contribution in [1.82, 2.24) is 15.5 Å². The van der Waals surface area contributed by atoms with E-state index < -0.39 is 41.6 Å². The van der Waals surface area contributed by atoms with Crippen LogP contribution in [0.25, 0.3) is 0 Å². The predicted molar refractivity (Wildman–Crippen MR) is 156 cm³/mol. The number of amides is 3. The minimum Gasteiger partial charge on any atom is -0.468 e. The Morgan fingerprint density at radius 3 is 2.26 bits per heavy atom. The molecule has 0 bridgehead atoms. The zero-order valence-corrected chi connectivity index (χ0v) is 25.5. The summed E-state index contributed by atoms with van der Waals surface area (Å²) in [6, 6.07) is 3.52. The van der Waals surface area contributed by atoms with Crippen LogP contribution in [-0.2, 0) is 23.9 Å². The van der Waals surface area contributed by atoms with Gasteiger partial charge in [0.2, 0.25) is 11.8 Å². The highest BCUT2D eigenvalue weighted by Crippen LogP contribution is 2.28. The number of methoxy groups -OCH3 is 1. The first-order valence-corrected chi connectivity index (χ1v) is 14.3. The normalized spacial score (nSPS) is 12.7. The van der Waals surface area contributed by atoms with E-state index >= 15 is 0 Å². The minimum absolute atomic E-state index is 0.00831. The number of alkyl carbamates (subject to hydrolysis) is 1. The number of thiol groups is 1. The Morgan fingerprint density at radius 2 is 1.67 bits per heavy atom. The molecule has 2 N–H and O–H groups in total. The van der Waals surface area contributed by atoms with Gasteiger partial charge < -0.3 is 25.0 Å².